The Bertz CT molecular complexity index is 1300. The Morgan fingerprint density at radius 3 is 2.64 bits per heavy atom. The smallest absolute Gasteiger partial charge is 0.272 e. The van der Waals surface area contributed by atoms with Crippen molar-refractivity contribution in [3.05, 3.63) is 82.2 Å². The molecule has 0 bridgehead atoms. The van der Waals surface area contributed by atoms with Gasteiger partial charge in [0.05, 0.1) is 11.4 Å². The quantitative estimate of drug-likeness (QED) is 0.573. The molecular weight excluding hydrogens is 450 g/mol. The van der Waals surface area contributed by atoms with Crippen LogP contribution in [0.25, 0.3) is 0 Å². The first-order valence-electron chi connectivity index (χ1n) is 13.0. The van der Waals surface area contributed by atoms with Crippen molar-refractivity contribution in [2.75, 3.05) is 23.4 Å². The molecule has 4 aliphatic rings. The maximum Gasteiger partial charge on any atom is 0.272 e. The fourth-order valence-electron chi connectivity index (χ4n) is 5.95. The van der Waals surface area contributed by atoms with E-state index in [0.29, 0.717) is 49.2 Å². The van der Waals surface area contributed by atoms with Gasteiger partial charge in [0.25, 0.3) is 11.8 Å². The van der Waals surface area contributed by atoms with Crippen LogP contribution in [0.2, 0.25) is 0 Å². The molecule has 3 heterocycles. The minimum atomic E-state index is -0.178. The average Bonchev–Trinajstić information content (AvgIpc) is 3.64. The van der Waals surface area contributed by atoms with E-state index in [4.69, 9.17) is 4.74 Å². The molecule has 0 atom stereocenters. The number of anilines is 2. The molecule has 6 heteroatoms. The number of allylic oxidation sites excluding steroid dienone is 2. The summed E-state index contributed by atoms with van der Waals surface area (Å²) in [4.78, 5) is 30.7. The summed E-state index contributed by atoms with van der Waals surface area (Å²) in [5, 5.41) is 3.03. The van der Waals surface area contributed by atoms with Crippen LogP contribution in [0.4, 0.5) is 11.4 Å². The van der Waals surface area contributed by atoms with E-state index in [2.05, 4.69) is 30.1 Å². The van der Waals surface area contributed by atoms with Gasteiger partial charge in [-0.15, -0.1) is 0 Å². The number of nitrogens with one attached hydrogen (secondary N) is 1. The molecule has 2 fully saturated rings. The van der Waals surface area contributed by atoms with Crippen molar-refractivity contribution in [2.45, 2.75) is 58.5 Å². The first-order valence-corrected chi connectivity index (χ1v) is 13.0. The van der Waals surface area contributed by atoms with Crippen LogP contribution in [0.1, 0.15) is 71.1 Å². The molecule has 0 spiro atoms. The molecule has 2 aromatic carbocycles. The van der Waals surface area contributed by atoms with Crippen molar-refractivity contribution in [1.29, 1.82) is 0 Å². The van der Waals surface area contributed by atoms with Gasteiger partial charge in [0.1, 0.15) is 5.70 Å². The number of ether oxygens (including phenoxy) is 1. The van der Waals surface area contributed by atoms with E-state index in [9.17, 15) is 9.59 Å². The summed E-state index contributed by atoms with van der Waals surface area (Å²) in [5.74, 6) is 0.737. The minimum Gasteiger partial charge on any atom is -0.381 e. The van der Waals surface area contributed by atoms with Crippen LogP contribution in [-0.2, 0) is 22.6 Å². The highest BCUT2D eigenvalue weighted by Crippen LogP contribution is 2.45. The van der Waals surface area contributed by atoms with Crippen LogP contribution in [0, 0.1) is 12.8 Å². The van der Waals surface area contributed by atoms with Crippen molar-refractivity contribution in [3.63, 3.8) is 0 Å². The number of fused-ring (bicyclic) bond motifs is 2. The molecule has 6 nitrogen and oxygen atoms in total. The molecule has 3 aliphatic heterocycles. The third-order valence-electron chi connectivity index (χ3n) is 8.11. The maximum atomic E-state index is 13.7. The average molecular weight is 484 g/mol. The largest absolute Gasteiger partial charge is 0.381 e. The van der Waals surface area contributed by atoms with E-state index in [1.807, 2.05) is 41.9 Å². The SMILES string of the molecule is C=C(C1CCOCC1)N1/C(=C\C)C(=O)Nc2cc(C(=O)N3Cc4cccc(C5CC5)c4C3)c(C)cc21. The lowest BCUT2D eigenvalue weighted by Crippen LogP contribution is -2.38. The number of benzene rings is 2. The second-order valence-corrected chi connectivity index (χ2v) is 10.4. The molecule has 186 valence electrons. The van der Waals surface area contributed by atoms with Gasteiger partial charge in [-0.25, -0.2) is 0 Å². The van der Waals surface area contributed by atoms with Crippen LogP contribution < -0.4 is 10.2 Å². The van der Waals surface area contributed by atoms with E-state index in [1.54, 1.807) is 0 Å². The number of nitrogens with zero attached hydrogens (tertiary/aromatic N) is 2. The Hall–Kier alpha value is -3.38. The Morgan fingerprint density at radius 1 is 1.14 bits per heavy atom. The highest BCUT2D eigenvalue weighted by molar-refractivity contribution is 6.13. The first kappa shape index (κ1) is 23.0. The molecule has 1 aliphatic carbocycles. The van der Waals surface area contributed by atoms with Crippen LogP contribution in [0.15, 0.2) is 54.4 Å². The Balaban J connectivity index is 1.32. The van der Waals surface area contributed by atoms with Crippen LogP contribution in [0.5, 0.6) is 0 Å². The standard InChI is InChI=1S/C30H33N3O3/c1-4-27-29(34)31-26-15-24(18(2)14-28(26)33(27)19(3)20-10-12-36-13-11-20)30(35)32-16-22-6-5-7-23(21-8-9-21)25(22)17-32/h4-7,14-15,20-21H,3,8-13,16-17H2,1-2H3,(H,31,34)/b27-4-. The Labute approximate surface area is 212 Å². The zero-order valence-electron chi connectivity index (χ0n) is 21.1. The van der Waals surface area contributed by atoms with E-state index in [0.717, 1.165) is 29.8 Å². The predicted molar refractivity (Wildman–Crippen MR) is 141 cm³/mol. The fraction of sp³-hybridized carbons (Fsp3) is 0.400. The molecule has 1 saturated heterocycles. The highest BCUT2D eigenvalue weighted by Gasteiger charge is 2.35. The van der Waals surface area contributed by atoms with Crippen molar-refractivity contribution in [1.82, 2.24) is 4.90 Å². The second kappa shape index (κ2) is 8.93. The summed E-state index contributed by atoms with van der Waals surface area (Å²) in [6, 6.07) is 10.4. The van der Waals surface area contributed by atoms with E-state index in [1.165, 1.54) is 29.5 Å². The van der Waals surface area contributed by atoms with Crippen molar-refractivity contribution < 1.29 is 14.3 Å². The zero-order chi connectivity index (χ0) is 25.0. The van der Waals surface area contributed by atoms with Crippen LogP contribution in [-0.4, -0.2) is 29.9 Å². The molecule has 1 N–H and O–H groups in total. The highest BCUT2D eigenvalue weighted by atomic mass is 16.5. The summed E-state index contributed by atoms with van der Waals surface area (Å²) in [6.07, 6.45) is 6.10. The van der Waals surface area contributed by atoms with Gasteiger partial charge in [0, 0.05) is 43.5 Å². The van der Waals surface area contributed by atoms with Crippen molar-refractivity contribution in [3.8, 4) is 0 Å². The number of rotatable bonds is 4. The van der Waals surface area contributed by atoms with Crippen LogP contribution >= 0.6 is 0 Å². The lowest BCUT2D eigenvalue weighted by molar-refractivity contribution is -0.113. The summed E-state index contributed by atoms with van der Waals surface area (Å²) in [7, 11) is 0. The molecule has 0 radical (unpaired) electrons. The summed E-state index contributed by atoms with van der Waals surface area (Å²) >= 11 is 0. The molecule has 2 aromatic rings. The normalized spacial score (nSPS) is 20.8. The monoisotopic (exact) mass is 483 g/mol. The molecule has 0 unspecified atom stereocenters. The first-order chi connectivity index (χ1) is 17.5. The molecule has 6 rings (SSSR count). The van der Waals surface area contributed by atoms with Gasteiger partial charge in [-0.3, -0.25) is 9.59 Å². The number of hydrogen-bond donors (Lipinski definition) is 1. The van der Waals surface area contributed by atoms with Gasteiger partial charge >= 0.3 is 0 Å². The number of carbonyl (C=O) groups is 2. The van der Waals surface area contributed by atoms with Gasteiger partial charge in [-0.05, 0) is 79.8 Å². The third kappa shape index (κ3) is 3.84. The van der Waals surface area contributed by atoms with Crippen LogP contribution in [0.3, 0.4) is 0 Å². The number of aryl methyl sites for hydroxylation is 1. The molecular formula is C30H33N3O3. The fourth-order valence-corrected chi connectivity index (χ4v) is 5.95. The summed E-state index contributed by atoms with van der Waals surface area (Å²) < 4.78 is 5.54. The summed E-state index contributed by atoms with van der Waals surface area (Å²) in [5.41, 5.74) is 8.53. The van der Waals surface area contributed by atoms with Gasteiger partial charge in [0.2, 0.25) is 0 Å². The zero-order valence-corrected chi connectivity index (χ0v) is 21.1. The van der Waals surface area contributed by atoms with Gasteiger partial charge in [-0.2, -0.15) is 0 Å². The second-order valence-electron chi connectivity index (χ2n) is 10.4. The molecule has 1 saturated carbocycles. The lowest BCUT2D eigenvalue weighted by Gasteiger charge is -2.38. The topological polar surface area (TPSA) is 61.9 Å². The predicted octanol–water partition coefficient (Wildman–Crippen LogP) is 5.63. The molecule has 0 aromatic heterocycles. The van der Waals surface area contributed by atoms with Gasteiger partial charge in [0.15, 0.2) is 0 Å². The van der Waals surface area contributed by atoms with Crippen molar-refractivity contribution in [2.24, 2.45) is 5.92 Å². The Kier molecular flexibility index (Phi) is 5.72. The Morgan fingerprint density at radius 2 is 1.92 bits per heavy atom. The molecule has 36 heavy (non-hydrogen) atoms. The van der Waals surface area contributed by atoms with E-state index >= 15 is 0 Å². The number of hydrogen-bond acceptors (Lipinski definition) is 4. The van der Waals surface area contributed by atoms with Crippen molar-refractivity contribution >= 4 is 23.2 Å². The van der Waals surface area contributed by atoms with E-state index in [-0.39, 0.29) is 17.7 Å². The van der Waals surface area contributed by atoms with Gasteiger partial charge in [-0.1, -0.05) is 30.9 Å². The maximum absolute atomic E-state index is 13.7. The van der Waals surface area contributed by atoms with E-state index < -0.39 is 0 Å². The number of amides is 2. The minimum absolute atomic E-state index is 0.00846. The molecule has 2 amide bonds. The third-order valence-corrected chi connectivity index (χ3v) is 8.11. The summed E-state index contributed by atoms with van der Waals surface area (Å²) in [6.45, 7) is 10.9. The number of carbonyl (C=O) groups excluding carboxylic acids is 2. The van der Waals surface area contributed by atoms with Gasteiger partial charge < -0.3 is 19.9 Å². The lowest BCUT2D eigenvalue weighted by atomic mass is 9.93.